The van der Waals surface area contributed by atoms with E-state index in [0.717, 1.165) is 12.1 Å². The summed E-state index contributed by atoms with van der Waals surface area (Å²) in [5.41, 5.74) is -0.465. The largest absolute Gasteiger partial charge is 0.462 e. The van der Waals surface area contributed by atoms with Gasteiger partial charge in [0.25, 0.3) is 11.6 Å². The highest BCUT2D eigenvalue weighted by Crippen LogP contribution is 2.34. The minimum atomic E-state index is -0.818. The van der Waals surface area contributed by atoms with Gasteiger partial charge in [-0.3, -0.25) is 25.0 Å². The number of hydrogen-bond acceptors (Lipinski definition) is 8. The minimum Gasteiger partial charge on any atom is -0.462 e. The molecule has 1 N–H and O–H groups in total. The fourth-order valence-corrected chi connectivity index (χ4v) is 2.71. The highest BCUT2D eigenvalue weighted by atomic mass is 32.1. The highest BCUT2D eigenvalue weighted by molar-refractivity contribution is 7.19. The number of nitro groups is 2. The quantitative estimate of drug-likeness (QED) is 0.471. The van der Waals surface area contributed by atoms with Gasteiger partial charge in [0.1, 0.15) is 10.6 Å². The molecular weight excluding hydrogens is 354 g/mol. The Kier molecular flexibility index (Phi) is 5.39. The number of nitro benzene ring substituents is 1. The molecule has 0 aliphatic rings. The second kappa shape index (κ2) is 7.49. The minimum absolute atomic E-state index is 0.0277. The van der Waals surface area contributed by atoms with Crippen molar-refractivity contribution in [2.24, 2.45) is 0 Å². The standard InChI is InChI=1S/C14H11N3O7S/c1-2-24-14(19)10-7-11(17(22)23)25-13(10)15-12(18)8-4-3-5-9(6-8)16(20)21/h3-7H,2H2,1H3,(H,15,18). The Balaban J connectivity index is 2.33. The first kappa shape index (κ1) is 18.0. The van der Waals surface area contributed by atoms with Gasteiger partial charge >= 0.3 is 11.0 Å². The van der Waals surface area contributed by atoms with Crippen molar-refractivity contribution in [1.29, 1.82) is 0 Å². The molecule has 2 aromatic rings. The fourth-order valence-electron chi connectivity index (χ4n) is 1.86. The average molecular weight is 365 g/mol. The normalized spacial score (nSPS) is 10.1. The molecule has 0 aliphatic carbocycles. The Labute approximate surface area is 144 Å². The molecule has 0 atom stereocenters. The molecule has 10 nitrogen and oxygen atoms in total. The third-order valence-corrected chi connectivity index (χ3v) is 3.94. The van der Waals surface area contributed by atoms with Crippen molar-refractivity contribution in [3.05, 3.63) is 61.7 Å². The lowest BCUT2D eigenvalue weighted by Gasteiger charge is -2.05. The van der Waals surface area contributed by atoms with Crippen molar-refractivity contribution in [3.63, 3.8) is 0 Å². The van der Waals surface area contributed by atoms with E-state index in [1.807, 2.05) is 0 Å². The third-order valence-electron chi connectivity index (χ3n) is 2.94. The van der Waals surface area contributed by atoms with Gasteiger partial charge in [0.2, 0.25) is 0 Å². The summed E-state index contributed by atoms with van der Waals surface area (Å²) in [5.74, 6) is -1.56. The van der Waals surface area contributed by atoms with Gasteiger partial charge in [-0.2, -0.15) is 0 Å². The van der Waals surface area contributed by atoms with Crippen LogP contribution in [0.1, 0.15) is 27.6 Å². The second-order valence-corrected chi connectivity index (χ2v) is 5.60. The maximum atomic E-state index is 12.3. The average Bonchev–Trinajstić information content (AvgIpc) is 2.99. The van der Waals surface area contributed by atoms with Gasteiger partial charge in [0.15, 0.2) is 0 Å². The molecule has 1 heterocycles. The van der Waals surface area contributed by atoms with Crippen molar-refractivity contribution < 1.29 is 24.2 Å². The smallest absolute Gasteiger partial charge is 0.341 e. The third kappa shape index (κ3) is 4.14. The number of rotatable bonds is 6. The zero-order valence-corrected chi connectivity index (χ0v) is 13.6. The highest BCUT2D eigenvalue weighted by Gasteiger charge is 2.24. The van der Waals surface area contributed by atoms with Gasteiger partial charge in [0, 0.05) is 23.8 Å². The number of carbonyl (C=O) groups excluding carboxylic acids is 2. The zero-order valence-electron chi connectivity index (χ0n) is 12.8. The van der Waals surface area contributed by atoms with E-state index in [1.54, 1.807) is 6.92 Å². The Hall–Kier alpha value is -3.34. The molecule has 2 rings (SSSR count). The molecule has 0 fully saturated rings. The topological polar surface area (TPSA) is 142 Å². The first-order valence-electron chi connectivity index (χ1n) is 6.84. The molecule has 0 saturated heterocycles. The van der Waals surface area contributed by atoms with Crippen LogP contribution in [0.15, 0.2) is 30.3 Å². The molecule has 0 saturated carbocycles. The molecular formula is C14H11N3O7S. The molecule has 1 aromatic heterocycles. The monoisotopic (exact) mass is 365 g/mol. The van der Waals surface area contributed by atoms with Gasteiger partial charge in [-0.1, -0.05) is 6.07 Å². The van der Waals surface area contributed by atoms with E-state index >= 15 is 0 Å². The lowest BCUT2D eigenvalue weighted by Crippen LogP contribution is -2.14. The van der Waals surface area contributed by atoms with Gasteiger partial charge in [-0.05, 0) is 24.3 Å². The molecule has 11 heteroatoms. The van der Waals surface area contributed by atoms with Crippen LogP contribution in [0.4, 0.5) is 15.7 Å². The van der Waals surface area contributed by atoms with E-state index in [-0.39, 0.29) is 33.4 Å². The summed E-state index contributed by atoms with van der Waals surface area (Å²) in [6.07, 6.45) is 0. The Morgan fingerprint density at radius 1 is 1.20 bits per heavy atom. The van der Waals surface area contributed by atoms with Crippen LogP contribution in [0, 0.1) is 20.2 Å². The first-order valence-corrected chi connectivity index (χ1v) is 7.66. The second-order valence-electron chi connectivity index (χ2n) is 4.57. The van der Waals surface area contributed by atoms with Crippen LogP contribution in [-0.4, -0.2) is 28.3 Å². The van der Waals surface area contributed by atoms with Crippen molar-refractivity contribution in [1.82, 2.24) is 0 Å². The molecule has 130 valence electrons. The van der Waals surface area contributed by atoms with Crippen molar-refractivity contribution in [2.75, 3.05) is 11.9 Å². The van der Waals surface area contributed by atoms with E-state index < -0.39 is 21.7 Å². The number of nitrogens with zero attached hydrogens (tertiary/aromatic N) is 2. The van der Waals surface area contributed by atoms with E-state index in [1.165, 1.54) is 18.2 Å². The SMILES string of the molecule is CCOC(=O)c1cc([N+](=O)[O-])sc1NC(=O)c1cccc([N+](=O)[O-])c1. The number of nitrogens with one attached hydrogen (secondary N) is 1. The van der Waals surface area contributed by atoms with Crippen LogP contribution in [0.5, 0.6) is 0 Å². The maximum Gasteiger partial charge on any atom is 0.341 e. The van der Waals surface area contributed by atoms with Crippen molar-refractivity contribution in [2.45, 2.75) is 6.92 Å². The summed E-state index contributed by atoms with van der Waals surface area (Å²) in [4.78, 5) is 44.4. The van der Waals surface area contributed by atoms with E-state index in [4.69, 9.17) is 4.74 Å². The number of esters is 1. The van der Waals surface area contributed by atoms with Crippen LogP contribution >= 0.6 is 11.3 Å². The first-order chi connectivity index (χ1) is 11.8. The summed E-state index contributed by atoms with van der Waals surface area (Å²) in [5, 5.41) is 23.6. The molecule has 0 spiro atoms. The summed E-state index contributed by atoms with van der Waals surface area (Å²) in [6.45, 7) is 1.63. The van der Waals surface area contributed by atoms with Crippen LogP contribution in [0.2, 0.25) is 0 Å². The fraction of sp³-hybridized carbons (Fsp3) is 0.143. The maximum absolute atomic E-state index is 12.3. The van der Waals surface area contributed by atoms with Gasteiger partial charge < -0.3 is 10.1 Å². The van der Waals surface area contributed by atoms with E-state index in [9.17, 15) is 29.8 Å². The molecule has 25 heavy (non-hydrogen) atoms. The summed E-state index contributed by atoms with van der Waals surface area (Å²) in [7, 11) is 0. The van der Waals surface area contributed by atoms with Crippen LogP contribution in [0.3, 0.4) is 0 Å². The molecule has 0 bridgehead atoms. The van der Waals surface area contributed by atoms with Crippen LogP contribution in [-0.2, 0) is 4.74 Å². The zero-order chi connectivity index (χ0) is 18.6. The molecule has 1 aromatic carbocycles. The molecule has 0 radical (unpaired) electrons. The predicted molar refractivity (Wildman–Crippen MR) is 88.0 cm³/mol. The number of non-ortho nitro benzene ring substituents is 1. The van der Waals surface area contributed by atoms with Gasteiger partial charge in [-0.25, -0.2) is 4.79 Å². The Morgan fingerprint density at radius 3 is 2.52 bits per heavy atom. The van der Waals surface area contributed by atoms with Crippen LogP contribution in [0.25, 0.3) is 0 Å². The van der Waals surface area contributed by atoms with Crippen molar-refractivity contribution in [3.8, 4) is 0 Å². The molecule has 0 aliphatic heterocycles. The summed E-state index contributed by atoms with van der Waals surface area (Å²) < 4.78 is 4.80. The number of anilines is 1. The Bertz CT molecular complexity index is 862. The number of amides is 1. The van der Waals surface area contributed by atoms with Crippen LogP contribution < -0.4 is 5.32 Å². The molecule has 1 amide bonds. The number of ether oxygens (including phenoxy) is 1. The predicted octanol–water partition coefficient (Wildman–Crippen LogP) is 2.99. The number of thiophene rings is 1. The lowest BCUT2D eigenvalue weighted by molar-refractivity contribution is -0.384. The van der Waals surface area contributed by atoms with Gasteiger partial charge in [-0.15, -0.1) is 0 Å². The number of carbonyl (C=O) groups is 2. The van der Waals surface area contributed by atoms with Gasteiger partial charge in [0.05, 0.1) is 16.5 Å². The number of hydrogen-bond donors (Lipinski definition) is 1. The molecule has 0 unspecified atom stereocenters. The number of benzene rings is 1. The summed E-state index contributed by atoms with van der Waals surface area (Å²) in [6, 6.07) is 5.95. The summed E-state index contributed by atoms with van der Waals surface area (Å²) >= 11 is 0.590. The Morgan fingerprint density at radius 2 is 1.92 bits per heavy atom. The van der Waals surface area contributed by atoms with E-state index in [2.05, 4.69) is 5.32 Å². The van der Waals surface area contributed by atoms with Crippen molar-refractivity contribution >= 4 is 38.9 Å². The van der Waals surface area contributed by atoms with E-state index in [0.29, 0.717) is 11.3 Å². The lowest BCUT2D eigenvalue weighted by atomic mass is 10.2.